The molecule has 450 valence electrons. The molecule has 0 saturated carbocycles. The fraction of sp³-hybridized carbons (Fsp3) is 0.611. The molecule has 0 amide bonds. The number of carbonyl (C=O) groups is 3. The summed E-state index contributed by atoms with van der Waals surface area (Å²) in [4.78, 5) is 60.0. The first-order chi connectivity index (χ1) is 38.9. The molecule has 27 nitrogen and oxygen atoms in total. The third kappa shape index (κ3) is 22.6. The van der Waals surface area contributed by atoms with E-state index in [1.165, 1.54) is 57.6 Å². The topological polar surface area (TPSA) is 326 Å². The van der Waals surface area contributed by atoms with Crippen molar-refractivity contribution in [2.45, 2.75) is 58.2 Å². The maximum atomic E-state index is 11.6. The van der Waals surface area contributed by atoms with Crippen LogP contribution in [0.25, 0.3) is 0 Å². The number of aromatic hydroxyl groups is 3. The van der Waals surface area contributed by atoms with Gasteiger partial charge >= 0.3 is 0 Å². The van der Waals surface area contributed by atoms with Crippen molar-refractivity contribution in [2.24, 2.45) is 15.0 Å². The summed E-state index contributed by atoms with van der Waals surface area (Å²) < 4.78 is 79.2. The second-order valence-electron chi connectivity index (χ2n) is 18.4. The Morgan fingerprint density at radius 2 is 0.630 bits per heavy atom. The number of ketones is 3. The van der Waals surface area contributed by atoms with Crippen LogP contribution in [0.15, 0.2) is 51.8 Å². The number of methoxy groups -OCH3 is 3. The number of Topliss-reactive ketones (excluding diaryl/α,β-unsaturated/α-hetero) is 3. The molecule has 3 atom stereocenters. The largest absolute Gasteiger partial charge is 0.505 e. The predicted molar refractivity (Wildman–Crippen MR) is 289 cm³/mol. The summed E-state index contributed by atoms with van der Waals surface area (Å²) in [6.45, 7) is 17.9. The van der Waals surface area contributed by atoms with Gasteiger partial charge in [0.2, 0.25) is 17.7 Å². The molecule has 0 bridgehead atoms. The zero-order valence-electron chi connectivity index (χ0n) is 47.7. The van der Waals surface area contributed by atoms with Gasteiger partial charge in [0.1, 0.15) is 56.9 Å². The number of carbonyl (C=O) groups excluding carboxylic acids is 3. The molecule has 3 aromatic heterocycles. The molecule has 81 heavy (non-hydrogen) atoms. The minimum absolute atomic E-state index is 0.110. The van der Waals surface area contributed by atoms with Gasteiger partial charge < -0.3 is 86.4 Å². The van der Waals surface area contributed by atoms with Gasteiger partial charge in [0, 0.05) is 39.5 Å². The third-order valence-corrected chi connectivity index (χ3v) is 11.8. The van der Waals surface area contributed by atoms with Crippen LogP contribution < -0.4 is 14.2 Å². The molecule has 0 fully saturated rings. The average molecular weight is 1150 g/mol. The first-order valence-corrected chi connectivity index (χ1v) is 26.0. The number of ether oxygens (including phenoxy) is 15. The maximum absolute atomic E-state index is 11.6. The van der Waals surface area contributed by atoms with Gasteiger partial charge in [-0.15, -0.1) is 0 Å². The third-order valence-electron chi connectivity index (χ3n) is 11.8. The van der Waals surface area contributed by atoms with E-state index in [1.807, 2.05) is 0 Å². The highest BCUT2D eigenvalue weighted by Gasteiger charge is 2.40. The minimum Gasteiger partial charge on any atom is -0.505 e. The van der Waals surface area contributed by atoms with Gasteiger partial charge in [-0.25, -0.2) is 29.9 Å². The zero-order valence-corrected chi connectivity index (χ0v) is 47.7. The Kier molecular flexibility index (Phi) is 29.1. The van der Waals surface area contributed by atoms with Gasteiger partial charge in [-0.3, -0.25) is 14.4 Å². The lowest BCUT2D eigenvalue weighted by atomic mass is 10.0. The van der Waals surface area contributed by atoms with Gasteiger partial charge in [0.05, 0.1) is 118 Å². The molecule has 3 N–H and O–H groups in total. The summed E-state index contributed by atoms with van der Waals surface area (Å²) >= 11 is 0. The maximum Gasteiger partial charge on any atom is 0.240 e. The molecule has 27 heteroatoms. The van der Waals surface area contributed by atoms with Crippen LogP contribution in [0, 0.1) is 0 Å². The molecule has 3 aromatic rings. The molecule has 0 aromatic carbocycles. The highest BCUT2D eigenvalue weighted by molar-refractivity contribution is 6.02. The SMILES string of the molecule is COCCOCCOCCOc1cnc(C2=N[C@@](C)(C(C)=O)CO2)c(O)c1.COCCOCCOCCOc1cnc(C2=N[C@@](C)(C(C)=O)CO2)c(O)c1.COCCOCCOCCOc1cnc(C2=N[C@@](C)(C(C)=O)CO2)c(O)c1. The number of pyridine rings is 3. The van der Waals surface area contributed by atoms with E-state index in [0.717, 1.165) is 0 Å². The van der Waals surface area contributed by atoms with E-state index in [4.69, 9.17) is 71.1 Å². The lowest BCUT2D eigenvalue weighted by Crippen LogP contribution is -2.32. The molecule has 0 radical (unpaired) electrons. The monoisotopic (exact) mass is 1150 g/mol. The van der Waals surface area contributed by atoms with Crippen molar-refractivity contribution >= 4 is 35.0 Å². The lowest BCUT2D eigenvalue weighted by molar-refractivity contribution is -0.122. The van der Waals surface area contributed by atoms with Crippen LogP contribution in [0.3, 0.4) is 0 Å². The fourth-order valence-electron chi connectivity index (χ4n) is 6.48. The van der Waals surface area contributed by atoms with Crippen LogP contribution in [-0.4, -0.2) is 242 Å². The van der Waals surface area contributed by atoms with Crippen molar-refractivity contribution in [1.29, 1.82) is 0 Å². The molecule has 0 unspecified atom stereocenters. The van der Waals surface area contributed by atoms with E-state index in [9.17, 15) is 29.7 Å². The number of aliphatic imine (C=N–C) groups is 3. The summed E-state index contributed by atoms with van der Waals surface area (Å²) in [6, 6.07) is 4.27. The van der Waals surface area contributed by atoms with Crippen molar-refractivity contribution in [3.8, 4) is 34.5 Å². The van der Waals surface area contributed by atoms with Crippen LogP contribution in [0.2, 0.25) is 0 Å². The molecular formula is C54H78N6O21. The minimum atomic E-state index is -0.941. The Balaban J connectivity index is 0.000000261. The number of hydrogen-bond acceptors (Lipinski definition) is 27. The van der Waals surface area contributed by atoms with E-state index >= 15 is 0 Å². The number of rotatable bonds is 36. The Hall–Kier alpha value is -6.69. The second kappa shape index (κ2) is 35.2. The van der Waals surface area contributed by atoms with Crippen LogP contribution in [0.4, 0.5) is 0 Å². The first-order valence-electron chi connectivity index (χ1n) is 26.0. The Morgan fingerprint density at radius 1 is 0.407 bits per heavy atom. The van der Waals surface area contributed by atoms with Gasteiger partial charge in [-0.05, 0) is 41.5 Å². The van der Waals surface area contributed by atoms with Crippen molar-refractivity contribution in [3.05, 3.63) is 53.9 Å². The predicted octanol–water partition coefficient (Wildman–Crippen LogP) is 2.91. The van der Waals surface area contributed by atoms with Crippen LogP contribution >= 0.6 is 0 Å². The quantitative estimate of drug-likeness (QED) is 0.0705. The average Bonchev–Trinajstić information content (AvgIpc) is 4.18. The molecular weight excluding hydrogens is 1070 g/mol. The van der Waals surface area contributed by atoms with Crippen molar-refractivity contribution < 1.29 is 101 Å². The second-order valence-corrected chi connectivity index (χ2v) is 18.4. The molecule has 6 rings (SSSR count). The van der Waals surface area contributed by atoms with Crippen LogP contribution in [0.5, 0.6) is 34.5 Å². The van der Waals surface area contributed by atoms with E-state index in [0.29, 0.717) is 136 Å². The molecule has 0 aliphatic carbocycles. The van der Waals surface area contributed by atoms with Crippen molar-refractivity contribution in [1.82, 2.24) is 15.0 Å². The molecule has 0 spiro atoms. The highest BCUT2D eigenvalue weighted by atomic mass is 16.6. The van der Waals surface area contributed by atoms with Crippen molar-refractivity contribution in [3.63, 3.8) is 0 Å². The first kappa shape index (κ1) is 66.8. The number of aromatic nitrogens is 3. The van der Waals surface area contributed by atoms with E-state index in [1.54, 1.807) is 42.1 Å². The summed E-state index contributed by atoms with van der Waals surface area (Å²) in [5.74, 6) is 0.890. The lowest BCUT2D eigenvalue weighted by Gasteiger charge is -2.12. The Bertz CT molecular complexity index is 2270. The molecule has 3 aliphatic heterocycles. The van der Waals surface area contributed by atoms with Gasteiger partial charge in [0.25, 0.3) is 0 Å². The van der Waals surface area contributed by atoms with Crippen LogP contribution in [0.1, 0.15) is 58.6 Å². The molecule has 6 heterocycles. The highest BCUT2D eigenvalue weighted by Crippen LogP contribution is 2.31. The summed E-state index contributed by atoms with van der Waals surface area (Å²) in [5.41, 5.74) is -2.29. The summed E-state index contributed by atoms with van der Waals surface area (Å²) in [6.07, 6.45) is 4.37. The van der Waals surface area contributed by atoms with E-state index in [2.05, 4.69) is 29.9 Å². The zero-order chi connectivity index (χ0) is 59.1. The van der Waals surface area contributed by atoms with Gasteiger partial charge in [-0.2, -0.15) is 0 Å². The summed E-state index contributed by atoms with van der Waals surface area (Å²) in [5, 5.41) is 30.5. The van der Waals surface area contributed by atoms with E-state index < -0.39 is 16.6 Å². The summed E-state index contributed by atoms with van der Waals surface area (Å²) in [7, 11) is 4.86. The fourth-order valence-corrected chi connectivity index (χ4v) is 6.48. The smallest absolute Gasteiger partial charge is 0.240 e. The van der Waals surface area contributed by atoms with Crippen molar-refractivity contribution in [2.75, 3.05) is 160 Å². The normalized spacial score (nSPS) is 18.9. The Morgan fingerprint density at radius 3 is 0.827 bits per heavy atom. The van der Waals surface area contributed by atoms with Crippen LogP contribution in [-0.2, 0) is 71.2 Å². The number of nitrogens with zero attached hydrogens (tertiary/aromatic N) is 6. The number of hydrogen-bond donors (Lipinski definition) is 3. The molecule has 0 saturated heterocycles. The Labute approximate surface area is 471 Å². The standard InChI is InChI=1S/3C18H26N2O7/c3*1-13(21)18(2)12-27-17(20-18)16-15(22)10-14(11-19-16)26-9-8-25-7-6-24-5-4-23-3/h3*10-11,22H,4-9,12H2,1-3H3/t3*18-/m111/s1. The van der Waals surface area contributed by atoms with Gasteiger partial charge in [0.15, 0.2) is 68.3 Å². The van der Waals surface area contributed by atoms with Gasteiger partial charge in [-0.1, -0.05) is 0 Å². The van der Waals surface area contributed by atoms with E-state index in [-0.39, 0.29) is 89.2 Å². The molecule has 3 aliphatic rings.